The minimum Gasteiger partial charge on any atom is -0.373 e. The number of hydrogen-bond acceptors (Lipinski definition) is 3. The Labute approximate surface area is 101 Å². The summed E-state index contributed by atoms with van der Waals surface area (Å²) in [6.45, 7) is 15.4. The molecule has 96 valence electrons. The van der Waals surface area contributed by atoms with Gasteiger partial charge in [0.1, 0.15) is 0 Å². The van der Waals surface area contributed by atoms with Crippen LogP contribution in [0.3, 0.4) is 0 Å². The summed E-state index contributed by atoms with van der Waals surface area (Å²) >= 11 is 0. The Balaban J connectivity index is 2.20. The highest BCUT2D eigenvalue weighted by Gasteiger charge is 2.27. The van der Waals surface area contributed by atoms with E-state index in [2.05, 4.69) is 37.9 Å². The van der Waals surface area contributed by atoms with E-state index in [1.807, 2.05) is 0 Å². The first-order valence-electron chi connectivity index (χ1n) is 6.60. The second-order valence-electron chi connectivity index (χ2n) is 5.65. The molecule has 1 heterocycles. The number of hydrogen-bond donors (Lipinski definition) is 1. The SMILES string of the molecule is CCCNCC(C)CN1CCOC(C)(C)C1. The molecule has 3 nitrogen and oxygen atoms in total. The lowest BCUT2D eigenvalue weighted by molar-refractivity contribution is -0.0884. The molecule has 0 aromatic heterocycles. The molecule has 0 amide bonds. The first-order valence-corrected chi connectivity index (χ1v) is 6.60. The average Bonchev–Trinajstić information content (AvgIpc) is 2.16. The molecule has 0 aromatic carbocycles. The van der Waals surface area contributed by atoms with Gasteiger partial charge in [0.15, 0.2) is 0 Å². The van der Waals surface area contributed by atoms with Gasteiger partial charge in [-0.2, -0.15) is 0 Å². The maximum absolute atomic E-state index is 5.72. The number of ether oxygens (including phenoxy) is 1. The van der Waals surface area contributed by atoms with E-state index in [0.29, 0.717) is 0 Å². The minimum atomic E-state index is 0.0365. The Hall–Kier alpha value is -0.120. The zero-order chi connectivity index (χ0) is 12.0. The first-order chi connectivity index (χ1) is 7.53. The van der Waals surface area contributed by atoms with Gasteiger partial charge in [-0.05, 0) is 39.3 Å². The fourth-order valence-electron chi connectivity index (χ4n) is 2.30. The van der Waals surface area contributed by atoms with Crippen molar-refractivity contribution in [3.63, 3.8) is 0 Å². The van der Waals surface area contributed by atoms with Crippen LogP contribution >= 0.6 is 0 Å². The molecule has 0 bridgehead atoms. The minimum absolute atomic E-state index is 0.0365. The van der Waals surface area contributed by atoms with Gasteiger partial charge >= 0.3 is 0 Å². The fourth-order valence-corrected chi connectivity index (χ4v) is 2.30. The lowest BCUT2D eigenvalue weighted by atomic mass is 10.1. The molecule has 1 fully saturated rings. The summed E-state index contributed by atoms with van der Waals surface area (Å²) in [5.74, 6) is 0.723. The molecule has 3 heteroatoms. The van der Waals surface area contributed by atoms with Gasteiger partial charge in [0.05, 0.1) is 12.2 Å². The van der Waals surface area contributed by atoms with Gasteiger partial charge in [-0.1, -0.05) is 13.8 Å². The summed E-state index contributed by atoms with van der Waals surface area (Å²) in [5, 5.41) is 3.49. The van der Waals surface area contributed by atoms with Gasteiger partial charge in [0.2, 0.25) is 0 Å². The van der Waals surface area contributed by atoms with Crippen LogP contribution in [0.4, 0.5) is 0 Å². The Morgan fingerprint density at radius 3 is 2.81 bits per heavy atom. The summed E-state index contributed by atoms with van der Waals surface area (Å²) < 4.78 is 5.72. The second kappa shape index (κ2) is 6.58. The summed E-state index contributed by atoms with van der Waals surface area (Å²) in [6.07, 6.45) is 1.22. The van der Waals surface area contributed by atoms with E-state index < -0.39 is 0 Å². The van der Waals surface area contributed by atoms with Crippen molar-refractivity contribution in [1.29, 1.82) is 0 Å². The molecule has 1 atom stereocenters. The zero-order valence-electron chi connectivity index (χ0n) is 11.4. The van der Waals surface area contributed by atoms with Gasteiger partial charge in [0, 0.05) is 19.6 Å². The highest BCUT2D eigenvalue weighted by Crippen LogP contribution is 2.17. The number of rotatable bonds is 6. The Kier molecular flexibility index (Phi) is 5.73. The molecule has 1 N–H and O–H groups in total. The molecule has 1 unspecified atom stereocenters. The first kappa shape index (κ1) is 13.9. The van der Waals surface area contributed by atoms with Crippen LogP contribution in [0, 0.1) is 5.92 Å². The third-order valence-corrected chi connectivity index (χ3v) is 2.99. The standard InChI is InChI=1S/C13H28N2O/c1-5-6-14-9-12(2)10-15-7-8-16-13(3,4)11-15/h12,14H,5-11H2,1-4H3. The smallest absolute Gasteiger partial charge is 0.0753 e. The van der Waals surface area contributed by atoms with Gasteiger partial charge in [-0.3, -0.25) is 4.90 Å². The van der Waals surface area contributed by atoms with Crippen molar-refractivity contribution in [3.8, 4) is 0 Å². The molecule has 0 aliphatic carbocycles. The molecule has 1 aliphatic rings. The van der Waals surface area contributed by atoms with E-state index in [4.69, 9.17) is 4.74 Å². The third-order valence-electron chi connectivity index (χ3n) is 2.99. The summed E-state index contributed by atoms with van der Waals surface area (Å²) in [7, 11) is 0. The van der Waals surface area contributed by atoms with Crippen molar-refractivity contribution in [2.75, 3.05) is 39.3 Å². The predicted octanol–water partition coefficient (Wildman–Crippen LogP) is 1.73. The summed E-state index contributed by atoms with van der Waals surface area (Å²) in [4.78, 5) is 2.53. The summed E-state index contributed by atoms with van der Waals surface area (Å²) in [5.41, 5.74) is 0.0365. The molecule has 0 spiro atoms. The molecule has 1 rings (SSSR count). The number of nitrogens with zero attached hydrogens (tertiary/aromatic N) is 1. The molecular weight excluding hydrogens is 200 g/mol. The Bertz CT molecular complexity index is 194. The zero-order valence-corrected chi connectivity index (χ0v) is 11.4. The fraction of sp³-hybridized carbons (Fsp3) is 1.00. The normalized spacial score (nSPS) is 23.2. The maximum atomic E-state index is 5.72. The van der Waals surface area contributed by atoms with Gasteiger partial charge in [-0.15, -0.1) is 0 Å². The highest BCUT2D eigenvalue weighted by molar-refractivity contribution is 4.80. The van der Waals surface area contributed by atoms with Crippen LogP contribution in [0.15, 0.2) is 0 Å². The van der Waals surface area contributed by atoms with Crippen LogP contribution in [-0.2, 0) is 4.74 Å². The third kappa shape index (κ3) is 5.28. The summed E-state index contributed by atoms with van der Waals surface area (Å²) in [6, 6.07) is 0. The molecular formula is C13H28N2O. The molecule has 1 saturated heterocycles. The van der Waals surface area contributed by atoms with Crippen LogP contribution in [0.25, 0.3) is 0 Å². The quantitative estimate of drug-likeness (QED) is 0.701. The average molecular weight is 228 g/mol. The second-order valence-corrected chi connectivity index (χ2v) is 5.65. The highest BCUT2D eigenvalue weighted by atomic mass is 16.5. The van der Waals surface area contributed by atoms with Crippen LogP contribution in [0.2, 0.25) is 0 Å². The molecule has 16 heavy (non-hydrogen) atoms. The van der Waals surface area contributed by atoms with Crippen LogP contribution < -0.4 is 5.32 Å². The largest absolute Gasteiger partial charge is 0.373 e. The van der Waals surface area contributed by atoms with E-state index in [1.54, 1.807) is 0 Å². The van der Waals surface area contributed by atoms with Crippen molar-refractivity contribution >= 4 is 0 Å². The van der Waals surface area contributed by atoms with E-state index in [-0.39, 0.29) is 5.60 Å². The topological polar surface area (TPSA) is 24.5 Å². The molecule has 1 aliphatic heterocycles. The molecule has 0 aromatic rings. The Morgan fingerprint density at radius 2 is 2.19 bits per heavy atom. The van der Waals surface area contributed by atoms with Gasteiger partial charge < -0.3 is 10.1 Å². The monoisotopic (exact) mass is 228 g/mol. The maximum Gasteiger partial charge on any atom is 0.0753 e. The predicted molar refractivity (Wildman–Crippen MR) is 68.8 cm³/mol. The van der Waals surface area contributed by atoms with Crippen molar-refractivity contribution < 1.29 is 4.74 Å². The number of morpholine rings is 1. The number of nitrogens with one attached hydrogen (secondary N) is 1. The molecule has 0 radical (unpaired) electrons. The van der Waals surface area contributed by atoms with E-state index in [9.17, 15) is 0 Å². The van der Waals surface area contributed by atoms with E-state index in [0.717, 1.165) is 38.7 Å². The van der Waals surface area contributed by atoms with E-state index in [1.165, 1.54) is 13.0 Å². The van der Waals surface area contributed by atoms with Crippen molar-refractivity contribution in [2.24, 2.45) is 5.92 Å². The lowest BCUT2D eigenvalue weighted by Gasteiger charge is -2.39. The lowest BCUT2D eigenvalue weighted by Crippen LogP contribution is -2.50. The van der Waals surface area contributed by atoms with E-state index >= 15 is 0 Å². The van der Waals surface area contributed by atoms with Gasteiger partial charge in [-0.25, -0.2) is 0 Å². The van der Waals surface area contributed by atoms with Crippen LogP contribution in [0.5, 0.6) is 0 Å². The van der Waals surface area contributed by atoms with Crippen LogP contribution in [0.1, 0.15) is 34.1 Å². The van der Waals surface area contributed by atoms with Crippen molar-refractivity contribution in [1.82, 2.24) is 10.2 Å². The Morgan fingerprint density at radius 1 is 1.44 bits per heavy atom. The van der Waals surface area contributed by atoms with Crippen LogP contribution in [-0.4, -0.2) is 49.8 Å². The van der Waals surface area contributed by atoms with Gasteiger partial charge in [0.25, 0.3) is 0 Å². The molecule has 0 saturated carbocycles. The van der Waals surface area contributed by atoms with Crippen molar-refractivity contribution in [2.45, 2.75) is 39.7 Å². The van der Waals surface area contributed by atoms with Crippen molar-refractivity contribution in [3.05, 3.63) is 0 Å².